The predicted octanol–water partition coefficient (Wildman–Crippen LogP) is 2.32. The minimum atomic E-state index is -0.880. The summed E-state index contributed by atoms with van der Waals surface area (Å²) < 4.78 is 3.92. The molecule has 0 aliphatic rings. The molecule has 0 unspecified atom stereocenters. The van der Waals surface area contributed by atoms with Crippen molar-refractivity contribution in [3.05, 3.63) is 41.0 Å². The van der Waals surface area contributed by atoms with Crippen molar-refractivity contribution >= 4 is 5.97 Å². The molecule has 0 fully saturated rings. The van der Waals surface area contributed by atoms with Gasteiger partial charge in [0.15, 0.2) is 0 Å². The van der Waals surface area contributed by atoms with Crippen LogP contribution in [-0.2, 0) is 19.5 Å². The second-order valence-electron chi connectivity index (χ2n) is 4.54. The topological polar surface area (TPSA) is 60.1 Å². The minimum absolute atomic E-state index is 0.360. The first-order valence-corrected chi connectivity index (χ1v) is 6.51. The van der Waals surface area contributed by atoms with Crippen LogP contribution in [0.4, 0.5) is 0 Å². The number of carbonyl (C=O) groups is 1. The highest BCUT2D eigenvalue weighted by Gasteiger charge is 2.13. The van der Waals surface area contributed by atoms with Gasteiger partial charge in [-0.1, -0.05) is 6.92 Å². The zero-order valence-electron chi connectivity index (χ0n) is 11.6. The Morgan fingerprint density at radius 2 is 2.16 bits per heavy atom. The van der Waals surface area contributed by atoms with E-state index >= 15 is 0 Å². The molecular weight excluding hydrogens is 242 g/mol. The van der Waals surface area contributed by atoms with Crippen molar-refractivity contribution < 1.29 is 9.90 Å². The fourth-order valence-electron chi connectivity index (χ4n) is 2.21. The van der Waals surface area contributed by atoms with Crippen molar-refractivity contribution in [3.63, 3.8) is 0 Å². The monoisotopic (exact) mass is 261 g/mol. The molecule has 5 heteroatoms. The minimum Gasteiger partial charge on any atom is -0.478 e. The first kappa shape index (κ1) is 13.4. The molecule has 0 amide bonds. The zero-order chi connectivity index (χ0) is 14.0. The summed E-state index contributed by atoms with van der Waals surface area (Å²) in [5, 5.41) is 13.6. The number of hydrogen-bond acceptors (Lipinski definition) is 2. The summed E-state index contributed by atoms with van der Waals surface area (Å²) in [6.07, 6.45) is 2.72. The Morgan fingerprint density at radius 1 is 1.42 bits per heavy atom. The lowest BCUT2D eigenvalue weighted by Crippen LogP contribution is -2.09. The molecule has 0 spiro atoms. The van der Waals surface area contributed by atoms with Crippen LogP contribution in [0, 0.1) is 6.92 Å². The Bertz CT molecular complexity index is 596. The van der Waals surface area contributed by atoms with Crippen LogP contribution >= 0.6 is 0 Å². The standard InChI is InChI=1S/C14H19N3O2/c1-4-11-8-12(17(5-2)15-11)9-16-7-6-13(10(16)3)14(18)19/h6-8H,4-5,9H2,1-3H3,(H,18,19). The van der Waals surface area contributed by atoms with Gasteiger partial charge in [0.25, 0.3) is 0 Å². The van der Waals surface area contributed by atoms with Crippen LogP contribution in [0.15, 0.2) is 18.3 Å². The third-order valence-electron chi connectivity index (χ3n) is 3.38. The molecule has 5 nitrogen and oxygen atoms in total. The Kier molecular flexibility index (Phi) is 3.74. The molecule has 19 heavy (non-hydrogen) atoms. The van der Waals surface area contributed by atoms with Gasteiger partial charge in [-0.05, 0) is 32.4 Å². The van der Waals surface area contributed by atoms with Gasteiger partial charge in [-0.25, -0.2) is 4.79 Å². The van der Waals surface area contributed by atoms with Crippen molar-refractivity contribution in [1.29, 1.82) is 0 Å². The highest BCUT2D eigenvalue weighted by molar-refractivity contribution is 5.88. The molecule has 1 N–H and O–H groups in total. The number of nitrogens with zero attached hydrogens (tertiary/aromatic N) is 3. The summed E-state index contributed by atoms with van der Waals surface area (Å²) in [4.78, 5) is 11.0. The van der Waals surface area contributed by atoms with Crippen molar-refractivity contribution in [3.8, 4) is 0 Å². The van der Waals surface area contributed by atoms with Gasteiger partial charge in [0.1, 0.15) is 0 Å². The number of rotatable bonds is 5. The van der Waals surface area contributed by atoms with Crippen LogP contribution in [0.1, 0.15) is 41.3 Å². The summed E-state index contributed by atoms with van der Waals surface area (Å²) in [5.41, 5.74) is 3.31. The van der Waals surface area contributed by atoms with Crippen molar-refractivity contribution in [2.75, 3.05) is 0 Å². The lowest BCUT2D eigenvalue weighted by atomic mass is 10.2. The lowest BCUT2D eigenvalue weighted by Gasteiger charge is -2.08. The van der Waals surface area contributed by atoms with E-state index in [2.05, 4.69) is 25.0 Å². The molecular formula is C14H19N3O2. The zero-order valence-corrected chi connectivity index (χ0v) is 11.6. The normalized spacial score (nSPS) is 10.9. The summed E-state index contributed by atoms with van der Waals surface area (Å²) in [5.74, 6) is -0.880. The number of aromatic nitrogens is 3. The highest BCUT2D eigenvalue weighted by Crippen LogP contribution is 2.14. The molecule has 2 rings (SSSR count). The van der Waals surface area contributed by atoms with Gasteiger partial charge in [-0.2, -0.15) is 5.10 Å². The van der Waals surface area contributed by atoms with E-state index in [0.29, 0.717) is 12.1 Å². The number of aryl methyl sites for hydroxylation is 2. The lowest BCUT2D eigenvalue weighted by molar-refractivity contribution is 0.0696. The van der Waals surface area contributed by atoms with Crippen LogP contribution in [0.3, 0.4) is 0 Å². The third kappa shape index (κ3) is 2.54. The van der Waals surface area contributed by atoms with Crippen molar-refractivity contribution in [2.45, 2.75) is 40.3 Å². The average Bonchev–Trinajstić information content (AvgIpc) is 2.94. The molecule has 2 aromatic rings. The van der Waals surface area contributed by atoms with E-state index in [9.17, 15) is 4.79 Å². The van der Waals surface area contributed by atoms with Crippen molar-refractivity contribution in [2.24, 2.45) is 0 Å². The maximum atomic E-state index is 11.0. The van der Waals surface area contributed by atoms with Gasteiger partial charge in [0, 0.05) is 18.4 Å². The molecule has 0 aliphatic carbocycles. The van der Waals surface area contributed by atoms with Crippen molar-refractivity contribution in [1.82, 2.24) is 14.3 Å². The van der Waals surface area contributed by atoms with Gasteiger partial charge >= 0.3 is 5.97 Å². The molecule has 2 heterocycles. The maximum absolute atomic E-state index is 11.0. The van der Waals surface area contributed by atoms with Crippen LogP contribution in [0.2, 0.25) is 0 Å². The first-order chi connectivity index (χ1) is 9.06. The first-order valence-electron chi connectivity index (χ1n) is 6.51. The second kappa shape index (κ2) is 5.30. The molecule has 0 aliphatic heterocycles. The smallest absolute Gasteiger partial charge is 0.337 e. The molecule has 102 valence electrons. The number of carboxylic acids is 1. The van der Waals surface area contributed by atoms with E-state index in [1.807, 2.05) is 22.4 Å². The van der Waals surface area contributed by atoms with Gasteiger partial charge in [0.2, 0.25) is 0 Å². The SMILES string of the molecule is CCc1cc(Cn2ccc(C(=O)O)c2C)n(CC)n1. The van der Waals surface area contributed by atoms with Crippen LogP contribution in [-0.4, -0.2) is 25.4 Å². The molecule has 0 atom stereocenters. The summed E-state index contributed by atoms with van der Waals surface area (Å²) in [6.45, 7) is 7.44. The fraction of sp³-hybridized carbons (Fsp3) is 0.429. The van der Waals surface area contributed by atoms with Crippen LogP contribution in [0.25, 0.3) is 0 Å². The molecule has 2 aromatic heterocycles. The molecule has 0 aromatic carbocycles. The molecule has 0 radical (unpaired) electrons. The van der Waals surface area contributed by atoms with Gasteiger partial charge < -0.3 is 9.67 Å². The summed E-state index contributed by atoms with van der Waals surface area (Å²) >= 11 is 0. The maximum Gasteiger partial charge on any atom is 0.337 e. The highest BCUT2D eigenvalue weighted by atomic mass is 16.4. The summed E-state index contributed by atoms with van der Waals surface area (Å²) in [6, 6.07) is 3.73. The number of aromatic carboxylic acids is 1. The average molecular weight is 261 g/mol. The van der Waals surface area contributed by atoms with E-state index in [1.54, 1.807) is 6.07 Å². The molecule has 0 bridgehead atoms. The van der Waals surface area contributed by atoms with Gasteiger partial charge in [-0.3, -0.25) is 4.68 Å². The Labute approximate surface area is 112 Å². The largest absolute Gasteiger partial charge is 0.478 e. The van der Waals surface area contributed by atoms with Gasteiger partial charge in [-0.15, -0.1) is 0 Å². The second-order valence-corrected chi connectivity index (χ2v) is 4.54. The number of hydrogen-bond donors (Lipinski definition) is 1. The van der Waals surface area contributed by atoms with Gasteiger partial charge in [0.05, 0.1) is 23.5 Å². The number of carboxylic acid groups (broad SMARTS) is 1. The third-order valence-corrected chi connectivity index (χ3v) is 3.38. The molecule has 0 saturated heterocycles. The van der Waals surface area contributed by atoms with Crippen LogP contribution in [0.5, 0.6) is 0 Å². The van der Waals surface area contributed by atoms with E-state index in [1.165, 1.54) is 0 Å². The molecule has 0 saturated carbocycles. The quantitative estimate of drug-likeness (QED) is 0.898. The van der Waals surface area contributed by atoms with E-state index in [-0.39, 0.29) is 0 Å². The Hall–Kier alpha value is -2.04. The fourth-order valence-corrected chi connectivity index (χ4v) is 2.21. The van der Waals surface area contributed by atoms with E-state index in [0.717, 1.165) is 30.0 Å². The Morgan fingerprint density at radius 3 is 2.68 bits per heavy atom. The summed E-state index contributed by atoms with van der Waals surface area (Å²) in [7, 11) is 0. The Balaban J connectivity index is 2.30. The van der Waals surface area contributed by atoms with E-state index in [4.69, 9.17) is 5.11 Å². The van der Waals surface area contributed by atoms with E-state index < -0.39 is 5.97 Å². The predicted molar refractivity (Wildman–Crippen MR) is 72.5 cm³/mol. The van der Waals surface area contributed by atoms with Crippen LogP contribution < -0.4 is 0 Å².